The Morgan fingerprint density at radius 3 is 2.50 bits per heavy atom. The van der Waals surface area contributed by atoms with Gasteiger partial charge in [-0.15, -0.1) is 0 Å². The molecular formula is C24H19F3N6O3. The predicted molar refractivity (Wildman–Crippen MR) is 123 cm³/mol. The van der Waals surface area contributed by atoms with Gasteiger partial charge in [0, 0.05) is 6.54 Å². The average Bonchev–Trinajstić information content (AvgIpc) is 3.44. The molecule has 0 atom stereocenters. The van der Waals surface area contributed by atoms with Gasteiger partial charge in [0.25, 0.3) is 0 Å². The van der Waals surface area contributed by atoms with Crippen LogP contribution in [0.25, 0.3) is 22.8 Å². The number of rotatable bonds is 5. The highest BCUT2D eigenvalue weighted by Crippen LogP contribution is 2.32. The first-order chi connectivity index (χ1) is 17.2. The maximum absolute atomic E-state index is 13.5. The van der Waals surface area contributed by atoms with Crippen LogP contribution in [0, 0.1) is 18.3 Å². The van der Waals surface area contributed by atoms with Crippen molar-refractivity contribution < 1.29 is 23.1 Å². The maximum Gasteiger partial charge on any atom is 0.416 e. The van der Waals surface area contributed by atoms with Crippen molar-refractivity contribution in [2.24, 2.45) is 0 Å². The summed E-state index contributed by atoms with van der Waals surface area (Å²) in [6, 6.07) is 13.3. The molecule has 0 unspecified atom stereocenters. The molecule has 1 amide bonds. The smallest absolute Gasteiger partial charge is 0.395 e. The van der Waals surface area contributed by atoms with Gasteiger partial charge in [-0.1, -0.05) is 6.07 Å². The van der Waals surface area contributed by atoms with Crippen LogP contribution in [0.5, 0.6) is 0 Å². The molecule has 0 aliphatic carbocycles. The normalized spacial score (nSPS) is 11.3. The molecule has 0 fully saturated rings. The Balaban J connectivity index is 1.97. The molecule has 0 bridgehead atoms. The molecule has 12 heteroatoms. The van der Waals surface area contributed by atoms with Crippen LogP contribution in [0.3, 0.4) is 0 Å². The van der Waals surface area contributed by atoms with E-state index in [1.165, 1.54) is 29.9 Å². The maximum atomic E-state index is 13.5. The fourth-order valence-electron chi connectivity index (χ4n) is 3.83. The topological polar surface area (TPSA) is 118 Å². The minimum absolute atomic E-state index is 0.0771. The van der Waals surface area contributed by atoms with E-state index in [1.54, 1.807) is 30.3 Å². The Morgan fingerprint density at radius 1 is 1.14 bits per heavy atom. The van der Waals surface area contributed by atoms with E-state index in [0.717, 1.165) is 21.3 Å². The number of benzene rings is 2. The lowest BCUT2D eigenvalue weighted by Gasteiger charge is -2.11. The molecule has 9 nitrogen and oxygen atoms in total. The first kappa shape index (κ1) is 24.5. The molecule has 0 radical (unpaired) electrons. The molecular weight excluding hydrogens is 477 g/mol. The van der Waals surface area contributed by atoms with Crippen LogP contribution >= 0.6 is 0 Å². The molecule has 0 saturated heterocycles. The van der Waals surface area contributed by atoms with Gasteiger partial charge in [0.2, 0.25) is 0 Å². The lowest BCUT2D eigenvalue weighted by atomic mass is 10.2. The van der Waals surface area contributed by atoms with E-state index in [0.29, 0.717) is 16.9 Å². The zero-order valence-corrected chi connectivity index (χ0v) is 18.8. The van der Waals surface area contributed by atoms with Gasteiger partial charge in [-0.3, -0.25) is 4.57 Å². The summed E-state index contributed by atoms with van der Waals surface area (Å²) < 4.78 is 43.3. The monoisotopic (exact) mass is 496 g/mol. The van der Waals surface area contributed by atoms with Crippen molar-refractivity contribution >= 4 is 6.03 Å². The highest BCUT2D eigenvalue weighted by Gasteiger charge is 2.32. The standard InChI is InChI=1S/C24H19F3N6O3/c1-15-21(20-9-10-30-33(20)18-7-5-16(14-28)6-8-18)32(22(35)29-11-12-34)23(36)31(15)19-4-2-3-17(13-19)24(25,26)27/h2-10,13,34H,11-12H2,1H3,(H,29,35). The van der Waals surface area contributed by atoms with Crippen LogP contribution in [0.2, 0.25) is 0 Å². The predicted octanol–water partition coefficient (Wildman–Crippen LogP) is 3.24. The van der Waals surface area contributed by atoms with Gasteiger partial charge in [0.15, 0.2) is 0 Å². The number of aliphatic hydroxyl groups excluding tert-OH is 1. The number of nitrogens with zero attached hydrogens (tertiary/aromatic N) is 5. The molecule has 0 spiro atoms. The first-order valence-corrected chi connectivity index (χ1v) is 10.6. The Hall–Kier alpha value is -4.63. The van der Waals surface area contributed by atoms with Gasteiger partial charge >= 0.3 is 17.9 Å². The van der Waals surface area contributed by atoms with Gasteiger partial charge in [0.1, 0.15) is 5.69 Å². The van der Waals surface area contributed by atoms with E-state index in [1.807, 2.05) is 6.07 Å². The van der Waals surface area contributed by atoms with Crippen LogP contribution in [0.15, 0.2) is 65.6 Å². The van der Waals surface area contributed by atoms with Gasteiger partial charge in [0.05, 0.1) is 52.8 Å². The Bertz CT molecular complexity index is 1520. The molecule has 0 aliphatic heterocycles. The zero-order valence-electron chi connectivity index (χ0n) is 18.8. The second-order valence-corrected chi connectivity index (χ2v) is 7.68. The van der Waals surface area contributed by atoms with Crippen molar-refractivity contribution in [3.8, 4) is 28.8 Å². The second-order valence-electron chi connectivity index (χ2n) is 7.68. The number of hydrogen-bond acceptors (Lipinski definition) is 5. The highest BCUT2D eigenvalue weighted by molar-refractivity contribution is 5.83. The minimum atomic E-state index is -4.63. The Labute approximate surface area is 202 Å². The quantitative estimate of drug-likeness (QED) is 0.440. The molecule has 0 saturated carbocycles. The molecule has 4 rings (SSSR count). The molecule has 36 heavy (non-hydrogen) atoms. The molecule has 2 heterocycles. The van der Waals surface area contributed by atoms with Crippen LogP contribution in [0.4, 0.5) is 18.0 Å². The van der Waals surface area contributed by atoms with Crippen LogP contribution in [0.1, 0.15) is 16.8 Å². The third-order valence-electron chi connectivity index (χ3n) is 5.43. The minimum Gasteiger partial charge on any atom is -0.395 e. The number of hydrogen-bond donors (Lipinski definition) is 2. The number of nitriles is 1. The van der Waals surface area contributed by atoms with Crippen molar-refractivity contribution in [2.75, 3.05) is 13.2 Å². The second kappa shape index (κ2) is 9.55. The summed E-state index contributed by atoms with van der Waals surface area (Å²) >= 11 is 0. The summed E-state index contributed by atoms with van der Waals surface area (Å²) in [4.78, 5) is 26.4. The third-order valence-corrected chi connectivity index (χ3v) is 5.43. The third kappa shape index (κ3) is 4.39. The molecule has 2 aromatic carbocycles. The average molecular weight is 496 g/mol. The van der Waals surface area contributed by atoms with E-state index in [-0.39, 0.29) is 30.2 Å². The van der Waals surface area contributed by atoms with E-state index >= 15 is 0 Å². The Morgan fingerprint density at radius 2 is 1.86 bits per heavy atom. The van der Waals surface area contributed by atoms with Gasteiger partial charge in [-0.25, -0.2) is 18.8 Å². The van der Waals surface area contributed by atoms with Crippen molar-refractivity contribution in [1.82, 2.24) is 24.2 Å². The van der Waals surface area contributed by atoms with Crippen LogP contribution < -0.4 is 11.0 Å². The number of aliphatic hydroxyl groups is 1. The summed E-state index contributed by atoms with van der Waals surface area (Å²) in [6.45, 7) is 0.975. The molecule has 0 aliphatic rings. The van der Waals surface area contributed by atoms with Crippen molar-refractivity contribution in [3.63, 3.8) is 0 Å². The molecule has 2 aromatic heterocycles. The van der Waals surface area contributed by atoms with Crippen molar-refractivity contribution in [3.05, 3.63) is 88.1 Å². The van der Waals surface area contributed by atoms with Crippen molar-refractivity contribution in [2.45, 2.75) is 13.1 Å². The number of nitrogens with one attached hydrogen (secondary N) is 1. The lowest BCUT2D eigenvalue weighted by molar-refractivity contribution is -0.137. The number of carbonyl (C=O) groups is 1. The summed E-state index contributed by atoms with van der Waals surface area (Å²) in [5.41, 5.74) is -0.401. The van der Waals surface area contributed by atoms with Gasteiger partial charge in [-0.2, -0.15) is 23.5 Å². The number of amides is 1. The van der Waals surface area contributed by atoms with Gasteiger partial charge in [-0.05, 0) is 55.5 Å². The summed E-state index contributed by atoms with van der Waals surface area (Å²) in [6.07, 6.45) is -3.19. The molecule has 4 aromatic rings. The zero-order chi connectivity index (χ0) is 26.0. The SMILES string of the molecule is Cc1c(-c2ccnn2-c2ccc(C#N)cc2)n(C(=O)NCCO)c(=O)n1-c1cccc(C(F)(F)F)c1. The number of halogens is 3. The van der Waals surface area contributed by atoms with Crippen LogP contribution in [-0.2, 0) is 6.18 Å². The summed E-state index contributed by atoms with van der Waals surface area (Å²) in [5.74, 6) is 0. The largest absolute Gasteiger partial charge is 0.416 e. The van der Waals surface area contributed by atoms with Crippen LogP contribution in [-0.4, -0.2) is 43.2 Å². The fraction of sp³-hybridized carbons (Fsp3) is 0.167. The van der Waals surface area contributed by atoms with Crippen molar-refractivity contribution in [1.29, 1.82) is 5.26 Å². The van der Waals surface area contributed by atoms with E-state index in [2.05, 4.69) is 10.4 Å². The van der Waals surface area contributed by atoms with Gasteiger partial charge < -0.3 is 10.4 Å². The summed E-state index contributed by atoms with van der Waals surface area (Å²) in [5, 5.41) is 24.9. The Kier molecular flexibility index (Phi) is 6.50. The molecule has 184 valence electrons. The first-order valence-electron chi connectivity index (χ1n) is 10.6. The lowest BCUT2D eigenvalue weighted by Crippen LogP contribution is -2.38. The van der Waals surface area contributed by atoms with E-state index in [9.17, 15) is 22.8 Å². The van der Waals surface area contributed by atoms with E-state index < -0.39 is 23.5 Å². The number of imidazole rings is 1. The molecule has 2 N–H and O–H groups in total. The number of carbonyl (C=O) groups excluding carboxylic acids is 1. The fourth-order valence-corrected chi connectivity index (χ4v) is 3.83. The van der Waals surface area contributed by atoms with E-state index in [4.69, 9.17) is 10.4 Å². The summed E-state index contributed by atoms with van der Waals surface area (Å²) in [7, 11) is 0. The highest BCUT2D eigenvalue weighted by atomic mass is 19.4. The number of aromatic nitrogens is 4. The number of alkyl halides is 3.